The minimum Gasteiger partial charge on any atom is -0.272 e. The van der Waals surface area contributed by atoms with Crippen molar-refractivity contribution < 1.29 is 4.79 Å². The molecule has 138 valence electrons. The predicted molar refractivity (Wildman–Crippen MR) is 117 cm³/mol. The number of amides is 1. The fraction of sp³-hybridized carbons (Fsp3) is 0.111. The molecule has 0 saturated heterocycles. The van der Waals surface area contributed by atoms with E-state index in [0.29, 0.717) is 0 Å². The first kappa shape index (κ1) is 20.1. The van der Waals surface area contributed by atoms with Crippen LogP contribution < -0.4 is 5.43 Å². The molecule has 0 atom stereocenters. The van der Waals surface area contributed by atoms with Crippen LogP contribution in [0.2, 0.25) is 0 Å². The van der Waals surface area contributed by atoms with Crippen LogP contribution in [0.1, 0.15) is 11.1 Å². The number of hydrogen-bond donors (Lipinski definition) is 1. The summed E-state index contributed by atoms with van der Waals surface area (Å²) in [5.41, 5.74) is 4.67. The number of thioether (sulfide) groups is 2. The van der Waals surface area contributed by atoms with Crippen molar-refractivity contribution >= 4 is 62.9 Å². The first-order valence-corrected chi connectivity index (χ1v) is 11.5. The molecule has 1 heterocycles. The Morgan fingerprint density at radius 1 is 1.11 bits per heavy atom. The summed E-state index contributed by atoms with van der Waals surface area (Å²) in [5, 5.41) is 12.3. The molecule has 0 aliphatic rings. The highest BCUT2D eigenvalue weighted by molar-refractivity contribution is 9.10. The van der Waals surface area contributed by atoms with Crippen LogP contribution in [-0.2, 0) is 10.5 Å². The SMILES string of the molecule is O=C(CSc1nnc(SCc2ccccc2)s1)N/N=C\c1cccc(Br)c1. The maximum Gasteiger partial charge on any atom is 0.250 e. The van der Waals surface area contributed by atoms with E-state index in [4.69, 9.17) is 0 Å². The number of hydrogen-bond acceptors (Lipinski definition) is 7. The lowest BCUT2D eigenvalue weighted by molar-refractivity contribution is -0.118. The fourth-order valence-electron chi connectivity index (χ4n) is 1.96. The first-order valence-electron chi connectivity index (χ1n) is 7.89. The zero-order chi connectivity index (χ0) is 18.9. The van der Waals surface area contributed by atoms with Gasteiger partial charge in [0.05, 0.1) is 12.0 Å². The van der Waals surface area contributed by atoms with E-state index in [-0.39, 0.29) is 11.7 Å². The van der Waals surface area contributed by atoms with Gasteiger partial charge >= 0.3 is 0 Å². The molecule has 9 heteroatoms. The summed E-state index contributed by atoms with van der Waals surface area (Å²) in [6.07, 6.45) is 1.61. The van der Waals surface area contributed by atoms with Crippen molar-refractivity contribution in [2.24, 2.45) is 5.10 Å². The molecule has 2 aromatic carbocycles. The summed E-state index contributed by atoms with van der Waals surface area (Å²) >= 11 is 7.89. The Labute approximate surface area is 178 Å². The van der Waals surface area contributed by atoms with Gasteiger partial charge in [-0.1, -0.05) is 93.3 Å². The molecule has 1 aromatic heterocycles. The molecule has 3 aromatic rings. The Bertz CT molecular complexity index is 918. The van der Waals surface area contributed by atoms with Crippen LogP contribution in [-0.4, -0.2) is 28.1 Å². The van der Waals surface area contributed by atoms with E-state index in [2.05, 4.69) is 48.8 Å². The van der Waals surface area contributed by atoms with Gasteiger partial charge in [0.2, 0.25) is 0 Å². The summed E-state index contributed by atoms with van der Waals surface area (Å²) in [6.45, 7) is 0. The Hall–Kier alpha value is -1.68. The summed E-state index contributed by atoms with van der Waals surface area (Å²) in [7, 11) is 0. The first-order chi connectivity index (χ1) is 13.2. The predicted octanol–water partition coefficient (Wildman–Crippen LogP) is 4.84. The summed E-state index contributed by atoms with van der Waals surface area (Å²) < 4.78 is 2.64. The number of nitrogens with zero attached hydrogens (tertiary/aromatic N) is 3. The zero-order valence-electron chi connectivity index (χ0n) is 14.0. The molecule has 0 bridgehead atoms. The molecular weight excluding hydrogens is 464 g/mol. The van der Waals surface area contributed by atoms with Crippen LogP contribution >= 0.6 is 50.8 Å². The third-order valence-corrected chi connectivity index (χ3v) is 6.93. The highest BCUT2D eigenvalue weighted by atomic mass is 79.9. The van der Waals surface area contributed by atoms with Crippen molar-refractivity contribution in [3.63, 3.8) is 0 Å². The van der Waals surface area contributed by atoms with Gasteiger partial charge in [-0.3, -0.25) is 4.79 Å². The van der Waals surface area contributed by atoms with Crippen LogP contribution in [0.3, 0.4) is 0 Å². The van der Waals surface area contributed by atoms with Crippen LogP contribution in [0.15, 0.2) is 72.9 Å². The van der Waals surface area contributed by atoms with Gasteiger partial charge in [-0.25, -0.2) is 5.43 Å². The highest BCUT2D eigenvalue weighted by Crippen LogP contribution is 2.30. The molecule has 0 unspecified atom stereocenters. The number of benzene rings is 2. The van der Waals surface area contributed by atoms with Gasteiger partial charge < -0.3 is 0 Å². The van der Waals surface area contributed by atoms with Crippen molar-refractivity contribution in [3.8, 4) is 0 Å². The van der Waals surface area contributed by atoms with Gasteiger partial charge in [0, 0.05) is 10.2 Å². The van der Waals surface area contributed by atoms with Crippen molar-refractivity contribution in [2.45, 2.75) is 14.4 Å². The fourth-order valence-corrected chi connectivity index (χ4v) is 5.14. The second-order valence-corrected chi connectivity index (χ2v) is 9.58. The third kappa shape index (κ3) is 7.10. The van der Waals surface area contributed by atoms with Crippen molar-refractivity contribution in [1.29, 1.82) is 0 Å². The molecule has 0 aliphatic carbocycles. The summed E-state index contributed by atoms with van der Waals surface area (Å²) in [6, 6.07) is 17.9. The van der Waals surface area contributed by atoms with Gasteiger partial charge in [-0.15, -0.1) is 10.2 Å². The molecular formula is C18H15BrN4OS3. The van der Waals surface area contributed by atoms with E-state index in [9.17, 15) is 4.79 Å². The van der Waals surface area contributed by atoms with Gasteiger partial charge in [0.15, 0.2) is 8.68 Å². The lowest BCUT2D eigenvalue weighted by Gasteiger charge is -1.98. The second kappa shape index (κ2) is 10.6. The smallest absolute Gasteiger partial charge is 0.250 e. The lowest BCUT2D eigenvalue weighted by Crippen LogP contribution is -2.19. The molecule has 0 fully saturated rings. The Morgan fingerprint density at radius 3 is 2.67 bits per heavy atom. The largest absolute Gasteiger partial charge is 0.272 e. The third-order valence-electron chi connectivity index (χ3n) is 3.17. The summed E-state index contributed by atoms with van der Waals surface area (Å²) in [4.78, 5) is 11.9. The molecule has 0 radical (unpaired) electrons. The standard InChI is InChI=1S/C18H15BrN4OS3/c19-15-8-4-7-14(9-15)10-20-21-16(24)12-26-18-23-22-17(27-18)25-11-13-5-2-1-3-6-13/h1-10H,11-12H2,(H,21,24)/b20-10-. The highest BCUT2D eigenvalue weighted by Gasteiger charge is 2.08. The van der Waals surface area contributed by atoms with Crippen LogP contribution in [0.4, 0.5) is 0 Å². The summed E-state index contributed by atoms with van der Waals surface area (Å²) in [5.74, 6) is 0.915. The van der Waals surface area contributed by atoms with Crippen molar-refractivity contribution in [2.75, 3.05) is 5.75 Å². The average Bonchev–Trinajstić information content (AvgIpc) is 3.14. The normalized spacial score (nSPS) is 11.0. The monoisotopic (exact) mass is 478 g/mol. The van der Waals surface area contributed by atoms with E-state index >= 15 is 0 Å². The number of halogens is 1. The van der Waals surface area contributed by atoms with Gasteiger partial charge in [0.25, 0.3) is 5.91 Å². The number of nitrogens with one attached hydrogen (secondary N) is 1. The molecule has 0 spiro atoms. The van der Waals surface area contributed by atoms with E-state index in [1.807, 2.05) is 42.5 Å². The van der Waals surface area contributed by atoms with E-state index in [0.717, 1.165) is 24.5 Å². The van der Waals surface area contributed by atoms with Gasteiger partial charge in [0.1, 0.15) is 0 Å². The minimum atomic E-state index is -0.181. The van der Waals surface area contributed by atoms with Crippen molar-refractivity contribution in [1.82, 2.24) is 15.6 Å². The topological polar surface area (TPSA) is 67.2 Å². The molecule has 3 rings (SSSR count). The molecule has 5 nitrogen and oxygen atoms in total. The molecule has 27 heavy (non-hydrogen) atoms. The number of rotatable bonds is 8. The van der Waals surface area contributed by atoms with Gasteiger partial charge in [-0.2, -0.15) is 5.10 Å². The Morgan fingerprint density at radius 2 is 1.89 bits per heavy atom. The number of carbonyl (C=O) groups is 1. The molecule has 0 aliphatic heterocycles. The zero-order valence-corrected chi connectivity index (χ0v) is 18.1. The lowest BCUT2D eigenvalue weighted by atomic mass is 10.2. The van der Waals surface area contributed by atoms with E-state index < -0.39 is 0 Å². The molecule has 1 N–H and O–H groups in total. The van der Waals surface area contributed by atoms with Crippen LogP contribution in [0, 0.1) is 0 Å². The Kier molecular flexibility index (Phi) is 7.88. The van der Waals surface area contributed by atoms with Crippen LogP contribution in [0.5, 0.6) is 0 Å². The van der Waals surface area contributed by atoms with Gasteiger partial charge in [-0.05, 0) is 23.3 Å². The quantitative estimate of drug-likeness (QED) is 0.285. The van der Waals surface area contributed by atoms with Crippen LogP contribution in [0.25, 0.3) is 0 Å². The number of aromatic nitrogens is 2. The van der Waals surface area contributed by atoms with E-state index in [1.54, 1.807) is 18.0 Å². The second-order valence-electron chi connectivity index (χ2n) is 5.25. The maximum absolute atomic E-state index is 11.9. The average molecular weight is 479 g/mol. The van der Waals surface area contributed by atoms with E-state index in [1.165, 1.54) is 28.7 Å². The maximum atomic E-state index is 11.9. The van der Waals surface area contributed by atoms with Crippen molar-refractivity contribution in [3.05, 3.63) is 70.2 Å². The molecule has 0 saturated carbocycles. The number of carbonyl (C=O) groups excluding carboxylic acids is 1. The number of hydrazone groups is 1. The minimum absolute atomic E-state index is 0.181. The Balaban J connectivity index is 1.40. The molecule has 1 amide bonds.